The normalized spacial score (nSPS) is 10.5. The zero-order chi connectivity index (χ0) is 34.4. The molecular formula is C42H72O. The highest BCUT2D eigenvalue weighted by molar-refractivity contribution is 5.93. The molecule has 0 bridgehead atoms. The van der Waals surface area contributed by atoms with Crippen molar-refractivity contribution in [1.29, 1.82) is 0 Å². The van der Waals surface area contributed by atoms with Crippen LogP contribution in [-0.2, 0) is 0 Å². The summed E-state index contributed by atoms with van der Waals surface area (Å²) in [6.45, 7) is 42.8. The van der Waals surface area contributed by atoms with Crippen LogP contribution in [0.2, 0.25) is 0 Å². The van der Waals surface area contributed by atoms with Crippen LogP contribution < -0.4 is 0 Å². The Morgan fingerprint density at radius 3 is 1.30 bits per heavy atom. The fourth-order valence-electron chi connectivity index (χ4n) is 3.82. The van der Waals surface area contributed by atoms with Crippen LogP contribution in [0.1, 0.15) is 152 Å². The lowest BCUT2D eigenvalue weighted by atomic mass is 9.92. The highest BCUT2D eigenvalue weighted by Crippen LogP contribution is 2.20. The minimum Gasteiger partial charge on any atom is -0.295 e. The summed E-state index contributed by atoms with van der Waals surface area (Å²) >= 11 is 0. The molecule has 0 saturated carbocycles. The number of allylic oxidation sites excluding steroid dienone is 8. The molecule has 0 fully saturated rings. The molecule has 2 unspecified atom stereocenters. The van der Waals surface area contributed by atoms with Crippen molar-refractivity contribution in [3.05, 3.63) is 108 Å². The number of carbonyl (C=O) groups is 1. The molecule has 246 valence electrons. The van der Waals surface area contributed by atoms with E-state index in [0.717, 1.165) is 18.4 Å². The van der Waals surface area contributed by atoms with Gasteiger partial charge in [-0.3, -0.25) is 4.79 Å². The van der Waals surface area contributed by atoms with Crippen molar-refractivity contribution in [1.82, 2.24) is 0 Å². The molecular weight excluding hydrogens is 520 g/mol. The van der Waals surface area contributed by atoms with Gasteiger partial charge in [0.05, 0.1) is 0 Å². The fourth-order valence-corrected chi connectivity index (χ4v) is 3.82. The number of ketones is 1. The van der Waals surface area contributed by atoms with E-state index in [2.05, 4.69) is 122 Å². The molecule has 1 rings (SSSR count). The first-order valence-electron chi connectivity index (χ1n) is 16.4. The van der Waals surface area contributed by atoms with Gasteiger partial charge in [0, 0.05) is 5.56 Å². The van der Waals surface area contributed by atoms with Gasteiger partial charge in [-0.05, 0) is 119 Å². The quantitative estimate of drug-likeness (QED) is 0.164. The van der Waals surface area contributed by atoms with Crippen LogP contribution in [0.4, 0.5) is 0 Å². The van der Waals surface area contributed by atoms with Gasteiger partial charge in [0.25, 0.3) is 0 Å². The zero-order valence-electron chi connectivity index (χ0n) is 31.1. The van der Waals surface area contributed by atoms with Gasteiger partial charge >= 0.3 is 0 Å². The van der Waals surface area contributed by atoms with Crippen LogP contribution in [0.25, 0.3) is 0 Å². The summed E-state index contributed by atoms with van der Waals surface area (Å²) in [6, 6.07) is 9.23. The minimum absolute atomic E-state index is 0.121. The standard InChI is InChI=1S/2C11H20.C8H8O.2C6H12/c2*1-6-11(10(4)5)8-7-9(2)3;1-7(9)8-5-3-2-4-6-8;2*1-4-5-6(2)3/h7,11H,4,6,8H2,1-3,5H3;11H,2,4,6-8H2,1,3,5H3;2-6H,1H3;5H,4H2,1-3H3;2,4-5H2,1,3H3. The van der Waals surface area contributed by atoms with E-state index in [1.807, 2.05) is 30.3 Å². The van der Waals surface area contributed by atoms with Gasteiger partial charge in [0.15, 0.2) is 5.78 Å². The molecule has 0 aliphatic heterocycles. The monoisotopic (exact) mass is 593 g/mol. The molecule has 43 heavy (non-hydrogen) atoms. The lowest BCUT2D eigenvalue weighted by Gasteiger charge is -2.13. The van der Waals surface area contributed by atoms with Crippen molar-refractivity contribution < 1.29 is 4.79 Å². The zero-order valence-corrected chi connectivity index (χ0v) is 31.1. The average molecular weight is 593 g/mol. The van der Waals surface area contributed by atoms with Crippen molar-refractivity contribution in [2.24, 2.45) is 11.8 Å². The topological polar surface area (TPSA) is 17.1 Å². The van der Waals surface area contributed by atoms with Crippen molar-refractivity contribution in [2.75, 3.05) is 0 Å². The van der Waals surface area contributed by atoms with Gasteiger partial charge in [-0.2, -0.15) is 0 Å². The maximum Gasteiger partial charge on any atom is 0.159 e. The van der Waals surface area contributed by atoms with Gasteiger partial charge in [-0.25, -0.2) is 0 Å². The fraction of sp³-hybridized carbons (Fsp3) is 0.548. The Hall–Kier alpha value is -2.67. The van der Waals surface area contributed by atoms with Crippen LogP contribution in [0.15, 0.2) is 102 Å². The van der Waals surface area contributed by atoms with E-state index in [9.17, 15) is 4.79 Å². The molecule has 0 aliphatic rings. The Balaban J connectivity index is -0.000000226. The van der Waals surface area contributed by atoms with Crippen LogP contribution in [0.3, 0.4) is 0 Å². The second-order valence-corrected chi connectivity index (χ2v) is 12.2. The molecule has 0 aliphatic carbocycles. The van der Waals surface area contributed by atoms with Crippen LogP contribution >= 0.6 is 0 Å². The first kappa shape index (κ1) is 47.3. The molecule has 0 aromatic heterocycles. The number of carbonyl (C=O) groups excluding carboxylic acids is 1. The molecule has 0 N–H and O–H groups in total. The first-order valence-corrected chi connectivity index (χ1v) is 16.4. The summed E-state index contributed by atoms with van der Waals surface area (Å²) in [5.74, 6) is 1.51. The summed E-state index contributed by atoms with van der Waals surface area (Å²) in [7, 11) is 0. The number of benzene rings is 1. The molecule has 1 heteroatoms. The highest BCUT2D eigenvalue weighted by Gasteiger charge is 2.05. The van der Waals surface area contributed by atoms with Gasteiger partial charge < -0.3 is 0 Å². The summed E-state index contributed by atoms with van der Waals surface area (Å²) in [5, 5.41) is 0. The van der Waals surface area contributed by atoms with Crippen LogP contribution in [0.5, 0.6) is 0 Å². The third-order valence-electron chi connectivity index (χ3n) is 6.58. The number of hydrogen-bond acceptors (Lipinski definition) is 1. The van der Waals surface area contributed by atoms with Gasteiger partial charge in [-0.1, -0.05) is 123 Å². The average Bonchev–Trinajstić information content (AvgIpc) is 2.90. The maximum absolute atomic E-state index is 10.6. The Morgan fingerprint density at radius 1 is 0.651 bits per heavy atom. The van der Waals surface area contributed by atoms with E-state index < -0.39 is 0 Å². The second kappa shape index (κ2) is 32.2. The van der Waals surface area contributed by atoms with Crippen molar-refractivity contribution in [3.8, 4) is 0 Å². The summed E-state index contributed by atoms with van der Waals surface area (Å²) < 4.78 is 0. The SMILES string of the molecule is C=C(C)C(CC)CC=C(C)C.C=C(C)CCC.C=C(C)CCC(CC)C(=C)C.CC(=O)c1ccccc1.CCC=C(C)C. The Bertz CT molecular complexity index is 930. The largest absolute Gasteiger partial charge is 0.295 e. The van der Waals surface area contributed by atoms with Crippen LogP contribution in [0, 0.1) is 11.8 Å². The molecule has 1 aromatic carbocycles. The van der Waals surface area contributed by atoms with Crippen molar-refractivity contribution >= 4 is 5.78 Å². The Kier molecular flexibility index (Phi) is 35.4. The van der Waals surface area contributed by atoms with Gasteiger partial charge in [0.2, 0.25) is 0 Å². The molecule has 1 nitrogen and oxygen atoms in total. The Morgan fingerprint density at radius 2 is 1.09 bits per heavy atom. The van der Waals surface area contributed by atoms with E-state index in [1.54, 1.807) is 6.92 Å². The lowest BCUT2D eigenvalue weighted by Crippen LogP contribution is -1.99. The predicted octanol–water partition coefficient (Wildman–Crippen LogP) is 14.5. The third kappa shape index (κ3) is 39.3. The molecule has 0 spiro atoms. The van der Waals surface area contributed by atoms with Gasteiger partial charge in [-0.15, -0.1) is 13.2 Å². The summed E-state index contributed by atoms with van der Waals surface area (Å²) in [4.78, 5) is 10.6. The molecule has 0 amide bonds. The van der Waals surface area contributed by atoms with E-state index >= 15 is 0 Å². The molecule has 0 saturated heterocycles. The van der Waals surface area contributed by atoms with Crippen LogP contribution in [-0.4, -0.2) is 5.78 Å². The third-order valence-corrected chi connectivity index (χ3v) is 6.58. The number of hydrogen-bond donors (Lipinski definition) is 0. The maximum atomic E-state index is 10.6. The first-order chi connectivity index (χ1) is 20.0. The minimum atomic E-state index is 0.121. The molecule has 0 radical (unpaired) electrons. The van der Waals surface area contributed by atoms with Gasteiger partial charge in [0.1, 0.15) is 0 Å². The molecule has 0 heterocycles. The lowest BCUT2D eigenvalue weighted by molar-refractivity contribution is 0.101. The van der Waals surface area contributed by atoms with E-state index in [1.165, 1.54) is 72.0 Å². The number of Topliss-reactive ketones (excluding diaryl/α,β-unsaturated/α-hetero) is 1. The number of rotatable bonds is 13. The van der Waals surface area contributed by atoms with Crippen molar-refractivity contribution in [3.63, 3.8) is 0 Å². The predicted molar refractivity (Wildman–Crippen MR) is 201 cm³/mol. The van der Waals surface area contributed by atoms with E-state index in [4.69, 9.17) is 0 Å². The molecule has 2 atom stereocenters. The summed E-state index contributed by atoms with van der Waals surface area (Å²) in [6.07, 6.45) is 14.0. The van der Waals surface area contributed by atoms with E-state index in [0.29, 0.717) is 11.8 Å². The van der Waals surface area contributed by atoms with E-state index in [-0.39, 0.29) is 5.78 Å². The summed E-state index contributed by atoms with van der Waals surface area (Å²) in [5.41, 5.74) is 8.79. The highest BCUT2D eigenvalue weighted by atomic mass is 16.1. The smallest absolute Gasteiger partial charge is 0.159 e. The van der Waals surface area contributed by atoms with Crippen molar-refractivity contribution in [2.45, 2.75) is 141 Å². The molecule has 1 aromatic rings. The Labute approximate surface area is 271 Å². The second-order valence-electron chi connectivity index (χ2n) is 12.2.